The lowest BCUT2D eigenvalue weighted by Crippen LogP contribution is -2.58. The van der Waals surface area contributed by atoms with E-state index in [0.29, 0.717) is 22.6 Å². The fourth-order valence-electron chi connectivity index (χ4n) is 6.43. The van der Waals surface area contributed by atoms with Crippen molar-refractivity contribution in [2.75, 3.05) is 5.32 Å². The van der Waals surface area contributed by atoms with Crippen molar-refractivity contribution >= 4 is 11.7 Å². The number of aromatic hydroxyl groups is 1. The molecule has 1 aromatic heterocycles. The largest absolute Gasteiger partial charge is 0.504 e. The molecule has 4 aliphatic carbocycles. The van der Waals surface area contributed by atoms with Gasteiger partial charge in [-0.3, -0.25) is 4.79 Å². The number of anilines is 1. The maximum absolute atomic E-state index is 13.0. The van der Waals surface area contributed by atoms with Gasteiger partial charge in [-0.05, 0) is 67.4 Å². The van der Waals surface area contributed by atoms with Crippen molar-refractivity contribution in [2.24, 2.45) is 22.2 Å². The van der Waals surface area contributed by atoms with Crippen LogP contribution in [0.25, 0.3) is 0 Å². The molecule has 1 amide bonds. The second kappa shape index (κ2) is 4.24. The lowest BCUT2D eigenvalue weighted by molar-refractivity contribution is -0.165. The summed E-state index contributed by atoms with van der Waals surface area (Å²) in [5.41, 5.74) is 0.336. The van der Waals surface area contributed by atoms with E-state index in [1.54, 1.807) is 18.3 Å². The van der Waals surface area contributed by atoms with E-state index in [4.69, 9.17) is 0 Å². The molecule has 0 aliphatic heterocycles. The molecule has 118 valence electrons. The molecule has 0 saturated heterocycles. The number of aromatic nitrogens is 1. The predicted octanol–water partition coefficient (Wildman–Crippen LogP) is 3.72. The number of nitrogens with one attached hydrogen (secondary N) is 1. The van der Waals surface area contributed by atoms with Crippen molar-refractivity contribution < 1.29 is 9.90 Å². The molecule has 22 heavy (non-hydrogen) atoms. The van der Waals surface area contributed by atoms with Crippen LogP contribution in [0.5, 0.6) is 5.75 Å². The van der Waals surface area contributed by atoms with Crippen LogP contribution in [-0.4, -0.2) is 16.0 Å². The molecule has 1 heterocycles. The molecule has 2 N–H and O–H groups in total. The first-order valence-corrected chi connectivity index (χ1v) is 8.27. The molecule has 4 saturated carbocycles. The molecule has 4 bridgehead atoms. The molecule has 0 radical (unpaired) electrons. The Hall–Kier alpha value is -1.58. The minimum absolute atomic E-state index is 0.0398. The number of hydrogen-bond donors (Lipinski definition) is 2. The SMILES string of the molecule is C[C@]12CC3CC(C(=O)Nc4ncccc4O)(C1)C[C@@](C)(C3)C2. The zero-order chi connectivity index (χ0) is 15.6. The number of carbonyl (C=O) groups excluding carboxylic acids is 1. The van der Waals surface area contributed by atoms with Crippen molar-refractivity contribution in [2.45, 2.75) is 52.4 Å². The zero-order valence-corrected chi connectivity index (χ0v) is 13.4. The van der Waals surface area contributed by atoms with Gasteiger partial charge in [-0.25, -0.2) is 4.98 Å². The number of rotatable bonds is 2. The van der Waals surface area contributed by atoms with Crippen LogP contribution in [0.1, 0.15) is 52.4 Å². The van der Waals surface area contributed by atoms with Crippen molar-refractivity contribution in [1.82, 2.24) is 4.98 Å². The van der Waals surface area contributed by atoms with Crippen LogP contribution in [-0.2, 0) is 4.79 Å². The van der Waals surface area contributed by atoms with Crippen molar-refractivity contribution in [1.29, 1.82) is 0 Å². The smallest absolute Gasteiger partial charge is 0.231 e. The summed E-state index contributed by atoms with van der Waals surface area (Å²) in [6.45, 7) is 4.71. The van der Waals surface area contributed by atoms with Crippen LogP contribution < -0.4 is 5.32 Å². The Morgan fingerprint density at radius 2 is 1.91 bits per heavy atom. The van der Waals surface area contributed by atoms with Gasteiger partial charge < -0.3 is 10.4 Å². The molecule has 4 aliphatic rings. The summed E-state index contributed by atoms with van der Waals surface area (Å²) in [6.07, 6.45) is 8.34. The highest BCUT2D eigenvalue weighted by molar-refractivity contribution is 5.96. The average molecular weight is 300 g/mol. The van der Waals surface area contributed by atoms with E-state index in [1.165, 1.54) is 19.3 Å². The fraction of sp³-hybridized carbons (Fsp3) is 0.667. The van der Waals surface area contributed by atoms with Gasteiger partial charge in [0.15, 0.2) is 11.6 Å². The van der Waals surface area contributed by atoms with Crippen LogP contribution in [0.2, 0.25) is 0 Å². The number of amides is 1. The molecule has 1 aromatic rings. The quantitative estimate of drug-likeness (QED) is 0.875. The summed E-state index contributed by atoms with van der Waals surface area (Å²) in [5.74, 6) is 1.06. The third kappa shape index (κ3) is 2.03. The van der Waals surface area contributed by atoms with Crippen LogP contribution in [0.3, 0.4) is 0 Å². The normalized spacial score (nSPS) is 42.4. The fourth-order valence-corrected chi connectivity index (χ4v) is 6.43. The molecule has 4 fully saturated rings. The van der Waals surface area contributed by atoms with Gasteiger partial charge in [0.25, 0.3) is 0 Å². The lowest BCUT2D eigenvalue weighted by atomic mass is 9.40. The van der Waals surface area contributed by atoms with E-state index < -0.39 is 0 Å². The molecule has 2 unspecified atom stereocenters. The summed E-state index contributed by atoms with van der Waals surface area (Å²) in [7, 11) is 0. The molecular formula is C18H24N2O2. The second-order valence-corrected chi connectivity index (χ2v) is 8.74. The Kier molecular flexibility index (Phi) is 2.71. The monoisotopic (exact) mass is 300 g/mol. The minimum Gasteiger partial charge on any atom is -0.504 e. The van der Waals surface area contributed by atoms with Gasteiger partial charge >= 0.3 is 0 Å². The van der Waals surface area contributed by atoms with Crippen molar-refractivity contribution in [3.05, 3.63) is 18.3 Å². The molecule has 4 nitrogen and oxygen atoms in total. The van der Waals surface area contributed by atoms with Crippen LogP contribution in [0.4, 0.5) is 5.82 Å². The maximum atomic E-state index is 13.0. The van der Waals surface area contributed by atoms with E-state index in [2.05, 4.69) is 24.1 Å². The maximum Gasteiger partial charge on any atom is 0.231 e. The van der Waals surface area contributed by atoms with E-state index >= 15 is 0 Å². The van der Waals surface area contributed by atoms with Crippen LogP contribution in [0, 0.1) is 22.2 Å². The summed E-state index contributed by atoms with van der Waals surface area (Å²) >= 11 is 0. The topological polar surface area (TPSA) is 62.2 Å². The lowest BCUT2D eigenvalue weighted by Gasteiger charge is -2.64. The first-order valence-electron chi connectivity index (χ1n) is 8.27. The average Bonchev–Trinajstić information content (AvgIpc) is 2.37. The first-order chi connectivity index (χ1) is 10.3. The second-order valence-electron chi connectivity index (χ2n) is 8.74. The molecule has 5 rings (SSSR count). The zero-order valence-electron chi connectivity index (χ0n) is 13.4. The first kappa shape index (κ1) is 14.0. The van der Waals surface area contributed by atoms with Gasteiger partial charge in [0.1, 0.15) is 0 Å². The summed E-state index contributed by atoms with van der Waals surface area (Å²) in [6, 6.07) is 3.22. The van der Waals surface area contributed by atoms with Gasteiger partial charge in [0.05, 0.1) is 5.41 Å². The summed E-state index contributed by atoms with van der Waals surface area (Å²) < 4.78 is 0. The molecule has 4 atom stereocenters. The van der Waals surface area contributed by atoms with E-state index in [1.807, 2.05) is 0 Å². The molecule has 4 heteroatoms. The summed E-state index contributed by atoms with van der Waals surface area (Å²) in [5, 5.41) is 12.8. The van der Waals surface area contributed by atoms with Gasteiger partial charge in [0.2, 0.25) is 5.91 Å². The molecular weight excluding hydrogens is 276 g/mol. The highest BCUT2D eigenvalue weighted by Gasteiger charge is 2.62. The standard InChI is InChI=1S/C18H24N2O2/c1-16-6-12-7-17(2,9-16)11-18(8-12,10-16)15(22)20-14-13(21)4-3-5-19-14/h3-5,12,21H,6-11H2,1-2H3,(H,19,20,22)/t12?,16-,17+,18?. The Morgan fingerprint density at radius 1 is 1.23 bits per heavy atom. The number of carbonyl (C=O) groups is 1. The highest BCUT2D eigenvalue weighted by Crippen LogP contribution is 2.69. The third-order valence-corrected chi connectivity index (χ3v) is 6.13. The van der Waals surface area contributed by atoms with Crippen molar-refractivity contribution in [3.63, 3.8) is 0 Å². The number of hydrogen-bond acceptors (Lipinski definition) is 3. The van der Waals surface area contributed by atoms with Crippen LogP contribution >= 0.6 is 0 Å². The Bertz CT molecular complexity index is 624. The Morgan fingerprint density at radius 3 is 2.50 bits per heavy atom. The van der Waals surface area contributed by atoms with Gasteiger partial charge in [-0.15, -0.1) is 0 Å². The Balaban J connectivity index is 1.64. The van der Waals surface area contributed by atoms with E-state index in [0.717, 1.165) is 19.3 Å². The summed E-state index contributed by atoms with van der Waals surface area (Å²) in [4.78, 5) is 17.1. The number of pyridine rings is 1. The molecule has 0 spiro atoms. The highest BCUT2D eigenvalue weighted by atomic mass is 16.3. The van der Waals surface area contributed by atoms with E-state index in [9.17, 15) is 9.90 Å². The molecule has 0 aromatic carbocycles. The van der Waals surface area contributed by atoms with E-state index in [-0.39, 0.29) is 17.1 Å². The third-order valence-electron chi connectivity index (χ3n) is 6.13. The van der Waals surface area contributed by atoms with Gasteiger partial charge in [-0.2, -0.15) is 0 Å². The van der Waals surface area contributed by atoms with Gasteiger partial charge in [-0.1, -0.05) is 13.8 Å². The van der Waals surface area contributed by atoms with Crippen LogP contribution in [0.15, 0.2) is 18.3 Å². The van der Waals surface area contributed by atoms with Gasteiger partial charge in [0, 0.05) is 6.20 Å². The predicted molar refractivity (Wildman–Crippen MR) is 84.4 cm³/mol. The number of nitrogens with zero attached hydrogens (tertiary/aromatic N) is 1. The minimum atomic E-state index is -0.271. The van der Waals surface area contributed by atoms with Crippen molar-refractivity contribution in [3.8, 4) is 5.75 Å². The Labute approximate surface area is 131 Å².